The van der Waals surface area contributed by atoms with E-state index < -0.39 is 0 Å². The van der Waals surface area contributed by atoms with E-state index >= 15 is 0 Å². The van der Waals surface area contributed by atoms with Gasteiger partial charge >= 0.3 is 0 Å². The number of allylic oxidation sites excluding steroid dienone is 1. The minimum absolute atomic E-state index is 0.135. The number of nitrogens with one attached hydrogen (secondary N) is 2. The number of carbonyl (C=O) groups excluding carboxylic acids is 2. The van der Waals surface area contributed by atoms with Gasteiger partial charge in [0.05, 0.1) is 0 Å². The van der Waals surface area contributed by atoms with E-state index in [1.54, 1.807) is 25.2 Å². The lowest BCUT2D eigenvalue weighted by atomic mass is 9.97. The van der Waals surface area contributed by atoms with Crippen molar-refractivity contribution in [2.75, 3.05) is 12.8 Å². The van der Waals surface area contributed by atoms with Crippen LogP contribution in [0, 0.1) is 0 Å². The van der Waals surface area contributed by atoms with Crippen LogP contribution in [-0.4, -0.2) is 18.9 Å². The molecule has 0 heterocycles. The summed E-state index contributed by atoms with van der Waals surface area (Å²) in [4.78, 5) is 24.4. The molecule has 136 valence electrons. The first-order valence-corrected chi connectivity index (χ1v) is 8.61. The minimum atomic E-state index is -0.155. The van der Waals surface area contributed by atoms with Crippen LogP contribution in [0.3, 0.4) is 0 Å². The maximum absolute atomic E-state index is 12.8. The number of hydrogen-bond donors (Lipinski definition) is 3. The third kappa shape index (κ3) is 4.51. The topological polar surface area (TPSA) is 84.2 Å². The fraction of sp³-hybridized carbons (Fsp3) is 0.238. The van der Waals surface area contributed by atoms with Gasteiger partial charge in [0.2, 0.25) is 0 Å². The predicted octanol–water partition coefficient (Wildman–Crippen LogP) is 3.13. The van der Waals surface area contributed by atoms with Gasteiger partial charge in [-0.3, -0.25) is 9.59 Å². The standard InChI is InChI=1S/C21H25N3O2/c1-4-14(2)19(17-7-5-6-8-18(17)22)21(26)24-13-15-9-11-16(12-10-15)20(25)23-3/h5-12H,4,13,22H2,1-3H3,(H,23,25)(H,24,26). The molecule has 0 radical (unpaired) electrons. The molecule has 0 fully saturated rings. The van der Waals surface area contributed by atoms with E-state index in [-0.39, 0.29) is 11.8 Å². The van der Waals surface area contributed by atoms with Crippen molar-refractivity contribution in [1.29, 1.82) is 0 Å². The van der Waals surface area contributed by atoms with Crippen molar-refractivity contribution in [2.24, 2.45) is 0 Å². The molecule has 5 heteroatoms. The third-order valence-corrected chi connectivity index (χ3v) is 4.31. The Morgan fingerprint density at radius 1 is 1.04 bits per heavy atom. The molecular formula is C21H25N3O2. The third-order valence-electron chi connectivity index (χ3n) is 4.31. The highest BCUT2D eigenvalue weighted by Gasteiger charge is 2.16. The van der Waals surface area contributed by atoms with Crippen LogP contribution in [0.1, 0.15) is 41.8 Å². The molecule has 0 aliphatic heterocycles. The molecule has 0 saturated heterocycles. The first kappa shape index (κ1) is 19.2. The van der Waals surface area contributed by atoms with Gasteiger partial charge in [0.15, 0.2) is 0 Å². The summed E-state index contributed by atoms with van der Waals surface area (Å²) in [6.45, 7) is 4.33. The molecule has 4 N–H and O–H groups in total. The summed E-state index contributed by atoms with van der Waals surface area (Å²) in [5, 5.41) is 5.53. The van der Waals surface area contributed by atoms with E-state index in [1.807, 2.05) is 44.2 Å². The molecule has 0 spiro atoms. The van der Waals surface area contributed by atoms with Gasteiger partial charge in [-0.1, -0.05) is 42.8 Å². The SMILES string of the molecule is CCC(C)=C(C(=O)NCc1ccc(C(=O)NC)cc1)c1ccccc1N. The van der Waals surface area contributed by atoms with Crippen molar-refractivity contribution in [2.45, 2.75) is 26.8 Å². The lowest BCUT2D eigenvalue weighted by Gasteiger charge is -2.14. The number of hydrogen-bond acceptors (Lipinski definition) is 3. The van der Waals surface area contributed by atoms with Crippen molar-refractivity contribution in [1.82, 2.24) is 10.6 Å². The van der Waals surface area contributed by atoms with E-state index in [9.17, 15) is 9.59 Å². The Morgan fingerprint density at radius 3 is 2.27 bits per heavy atom. The van der Waals surface area contributed by atoms with Crippen molar-refractivity contribution < 1.29 is 9.59 Å². The van der Waals surface area contributed by atoms with E-state index in [1.165, 1.54) is 0 Å². The van der Waals surface area contributed by atoms with Crippen LogP contribution >= 0.6 is 0 Å². The van der Waals surface area contributed by atoms with Gasteiger partial charge in [0, 0.05) is 36.0 Å². The first-order chi connectivity index (χ1) is 12.5. The quantitative estimate of drug-likeness (QED) is 0.552. The van der Waals surface area contributed by atoms with Crippen LogP contribution in [0.2, 0.25) is 0 Å². The Morgan fingerprint density at radius 2 is 1.69 bits per heavy atom. The van der Waals surface area contributed by atoms with Gasteiger partial charge in [-0.05, 0) is 37.1 Å². The Bertz CT molecular complexity index is 823. The zero-order valence-electron chi connectivity index (χ0n) is 15.4. The normalized spacial score (nSPS) is 11.5. The van der Waals surface area contributed by atoms with Gasteiger partial charge in [-0.15, -0.1) is 0 Å². The van der Waals surface area contributed by atoms with E-state index in [0.29, 0.717) is 23.4 Å². The highest BCUT2D eigenvalue weighted by molar-refractivity contribution is 6.21. The summed E-state index contributed by atoms with van der Waals surface area (Å²) in [7, 11) is 1.59. The molecule has 0 aliphatic carbocycles. The van der Waals surface area contributed by atoms with E-state index in [2.05, 4.69) is 10.6 Å². The second-order valence-corrected chi connectivity index (χ2v) is 6.05. The number of nitrogens with two attached hydrogens (primary N) is 1. The molecule has 0 aromatic heterocycles. The maximum Gasteiger partial charge on any atom is 0.252 e. The molecule has 0 aliphatic rings. The fourth-order valence-electron chi connectivity index (χ4n) is 2.64. The van der Waals surface area contributed by atoms with Crippen LogP contribution in [-0.2, 0) is 11.3 Å². The Labute approximate surface area is 154 Å². The molecule has 2 aromatic carbocycles. The summed E-state index contributed by atoms with van der Waals surface area (Å²) >= 11 is 0. The van der Waals surface area contributed by atoms with Crippen molar-refractivity contribution in [3.63, 3.8) is 0 Å². The number of benzene rings is 2. The summed E-state index contributed by atoms with van der Waals surface area (Å²) in [6.07, 6.45) is 0.762. The monoisotopic (exact) mass is 351 g/mol. The molecule has 2 aromatic rings. The van der Waals surface area contributed by atoms with Crippen LogP contribution < -0.4 is 16.4 Å². The molecule has 0 unspecified atom stereocenters. The largest absolute Gasteiger partial charge is 0.398 e. The van der Waals surface area contributed by atoms with Crippen molar-refractivity contribution in [3.8, 4) is 0 Å². The maximum atomic E-state index is 12.8. The molecule has 0 atom stereocenters. The average molecular weight is 351 g/mol. The fourth-order valence-corrected chi connectivity index (χ4v) is 2.64. The summed E-state index contributed by atoms with van der Waals surface area (Å²) in [5.74, 6) is -0.290. The Hall–Kier alpha value is -3.08. The van der Waals surface area contributed by atoms with Gasteiger partial charge in [0.1, 0.15) is 0 Å². The molecule has 2 amide bonds. The van der Waals surface area contributed by atoms with E-state index in [4.69, 9.17) is 5.73 Å². The summed E-state index contributed by atoms with van der Waals surface area (Å²) in [6, 6.07) is 14.5. The predicted molar refractivity (Wildman–Crippen MR) is 105 cm³/mol. The number of para-hydroxylation sites is 1. The Kier molecular flexibility index (Phi) is 6.55. The molecular weight excluding hydrogens is 326 g/mol. The van der Waals surface area contributed by atoms with Crippen LogP contribution in [0.5, 0.6) is 0 Å². The lowest BCUT2D eigenvalue weighted by Crippen LogP contribution is -2.25. The van der Waals surface area contributed by atoms with Crippen LogP contribution in [0.4, 0.5) is 5.69 Å². The lowest BCUT2D eigenvalue weighted by molar-refractivity contribution is -0.115. The number of amides is 2. The van der Waals surface area contributed by atoms with Crippen molar-refractivity contribution >= 4 is 23.1 Å². The smallest absolute Gasteiger partial charge is 0.252 e. The molecule has 0 bridgehead atoms. The van der Waals surface area contributed by atoms with Crippen LogP contribution in [0.15, 0.2) is 54.1 Å². The average Bonchev–Trinajstić information content (AvgIpc) is 2.67. The number of anilines is 1. The van der Waals surface area contributed by atoms with Gasteiger partial charge in [-0.25, -0.2) is 0 Å². The molecule has 5 nitrogen and oxygen atoms in total. The molecule has 26 heavy (non-hydrogen) atoms. The highest BCUT2D eigenvalue weighted by atomic mass is 16.2. The minimum Gasteiger partial charge on any atom is -0.398 e. The number of carbonyl (C=O) groups is 2. The zero-order valence-corrected chi connectivity index (χ0v) is 15.4. The van der Waals surface area contributed by atoms with Gasteiger partial charge in [0.25, 0.3) is 11.8 Å². The highest BCUT2D eigenvalue weighted by Crippen LogP contribution is 2.26. The summed E-state index contributed by atoms with van der Waals surface area (Å²) in [5.41, 5.74) is 10.5. The number of rotatable bonds is 6. The Balaban J connectivity index is 2.16. The summed E-state index contributed by atoms with van der Waals surface area (Å²) < 4.78 is 0. The number of nitrogen functional groups attached to an aromatic ring is 1. The second-order valence-electron chi connectivity index (χ2n) is 6.05. The van der Waals surface area contributed by atoms with Gasteiger partial charge < -0.3 is 16.4 Å². The second kappa shape index (κ2) is 8.85. The first-order valence-electron chi connectivity index (χ1n) is 8.61. The zero-order chi connectivity index (χ0) is 19.1. The van der Waals surface area contributed by atoms with E-state index in [0.717, 1.165) is 23.1 Å². The molecule has 0 saturated carbocycles. The van der Waals surface area contributed by atoms with Crippen LogP contribution in [0.25, 0.3) is 5.57 Å². The van der Waals surface area contributed by atoms with Crippen molar-refractivity contribution in [3.05, 3.63) is 70.8 Å². The molecule has 2 rings (SSSR count). The van der Waals surface area contributed by atoms with Gasteiger partial charge in [-0.2, -0.15) is 0 Å².